The van der Waals surface area contributed by atoms with Crippen LogP contribution in [0.5, 0.6) is 11.5 Å². The Morgan fingerprint density at radius 1 is 0.952 bits per heavy atom. The second kappa shape index (κ2) is 13.0. The fourth-order valence-corrected chi connectivity index (χ4v) is 5.26. The number of H-pyrrole nitrogens is 2. The Hall–Kier alpha value is -4.56. The molecule has 3 N–H and O–H groups in total. The Kier molecular flexibility index (Phi) is 8.93. The van der Waals surface area contributed by atoms with E-state index >= 15 is 0 Å². The van der Waals surface area contributed by atoms with Gasteiger partial charge in [0.15, 0.2) is 0 Å². The van der Waals surface area contributed by atoms with Crippen molar-refractivity contribution in [3.63, 3.8) is 0 Å². The molecule has 42 heavy (non-hydrogen) atoms. The highest BCUT2D eigenvalue weighted by Crippen LogP contribution is 2.36. The number of benzene rings is 3. The second-order valence-corrected chi connectivity index (χ2v) is 10.3. The minimum atomic E-state index is -0.400. The number of carbonyl (C=O) groups excluding carboxylic acids is 1. The highest BCUT2D eigenvalue weighted by atomic mass is 16.5. The van der Waals surface area contributed by atoms with Gasteiger partial charge in [0.2, 0.25) is 0 Å². The molecule has 0 unspecified atom stereocenters. The Morgan fingerprint density at radius 3 is 2.43 bits per heavy atom. The summed E-state index contributed by atoms with van der Waals surface area (Å²) in [5, 5.41) is 18.5. The van der Waals surface area contributed by atoms with Gasteiger partial charge in [-0.1, -0.05) is 36.4 Å². The van der Waals surface area contributed by atoms with Gasteiger partial charge in [-0.3, -0.25) is 5.10 Å². The molecule has 0 saturated heterocycles. The number of aryl methyl sites for hydroxylation is 3. The maximum atomic E-state index is 13.1. The quantitative estimate of drug-likeness (QED) is 0.114. The van der Waals surface area contributed by atoms with Crippen molar-refractivity contribution in [2.45, 2.75) is 53.8 Å². The van der Waals surface area contributed by atoms with E-state index < -0.39 is 5.97 Å². The fraction of sp³-hybridized carbons (Fsp3) is 0.294. The molecule has 0 spiro atoms. The molecule has 218 valence electrons. The molecular formula is C34H37N3O5. The summed E-state index contributed by atoms with van der Waals surface area (Å²) in [6.45, 7) is 8.85. The monoisotopic (exact) mass is 567 g/mol. The number of aromatic nitrogens is 3. The summed E-state index contributed by atoms with van der Waals surface area (Å²) >= 11 is 0. The molecule has 0 bridgehead atoms. The first-order chi connectivity index (χ1) is 20.4. The Labute approximate surface area is 245 Å². The van der Waals surface area contributed by atoms with E-state index in [1.807, 2.05) is 48.5 Å². The van der Waals surface area contributed by atoms with Crippen molar-refractivity contribution in [1.29, 1.82) is 0 Å². The molecule has 0 saturated carbocycles. The number of rotatable bonds is 12. The van der Waals surface area contributed by atoms with Crippen molar-refractivity contribution in [3.05, 3.63) is 100.0 Å². The molecule has 0 aliphatic heterocycles. The summed E-state index contributed by atoms with van der Waals surface area (Å²) in [5.74, 6) is 1.17. The van der Waals surface area contributed by atoms with Crippen LogP contribution in [-0.4, -0.2) is 39.5 Å². The minimum absolute atomic E-state index is 0.208. The predicted octanol–water partition coefficient (Wildman–Crippen LogP) is 6.74. The first-order valence-corrected chi connectivity index (χ1v) is 14.3. The molecule has 0 aliphatic carbocycles. The zero-order valence-electron chi connectivity index (χ0n) is 24.5. The van der Waals surface area contributed by atoms with Crippen molar-refractivity contribution >= 4 is 16.9 Å². The molecule has 0 atom stereocenters. The van der Waals surface area contributed by atoms with Crippen LogP contribution in [0.15, 0.2) is 60.7 Å². The van der Waals surface area contributed by atoms with Gasteiger partial charge in [0.1, 0.15) is 29.5 Å². The Morgan fingerprint density at radius 2 is 1.71 bits per heavy atom. The number of aliphatic hydroxyl groups excluding tert-OH is 1. The Bertz CT molecular complexity index is 1660. The number of carbonyl (C=O) groups is 1. The number of aromatic amines is 2. The number of hydrogen-bond donors (Lipinski definition) is 3. The largest absolute Gasteiger partial charge is 0.494 e. The number of nitrogens with one attached hydrogen (secondary N) is 2. The first kappa shape index (κ1) is 29.0. The topological polar surface area (TPSA) is 109 Å². The van der Waals surface area contributed by atoms with Crippen LogP contribution in [-0.2, 0) is 24.4 Å². The number of aliphatic hydroxyl groups is 1. The van der Waals surface area contributed by atoms with Crippen molar-refractivity contribution < 1.29 is 24.1 Å². The fourth-order valence-electron chi connectivity index (χ4n) is 5.26. The molecule has 0 amide bonds. The van der Waals surface area contributed by atoms with E-state index in [1.54, 1.807) is 6.92 Å². The number of para-hydroxylation sites is 2. The molecule has 0 aliphatic rings. The van der Waals surface area contributed by atoms with Gasteiger partial charge in [0.25, 0.3) is 0 Å². The van der Waals surface area contributed by atoms with Gasteiger partial charge in [0.05, 0.1) is 31.0 Å². The summed E-state index contributed by atoms with van der Waals surface area (Å²) in [6.07, 6.45) is 1.32. The van der Waals surface area contributed by atoms with E-state index in [2.05, 4.69) is 48.1 Å². The maximum absolute atomic E-state index is 13.1. The average molecular weight is 568 g/mol. The lowest BCUT2D eigenvalue weighted by atomic mass is 9.98. The summed E-state index contributed by atoms with van der Waals surface area (Å²) in [7, 11) is 0. The first-order valence-electron chi connectivity index (χ1n) is 14.3. The van der Waals surface area contributed by atoms with E-state index in [4.69, 9.17) is 14.2 Å². The highest BCUT2D eigenvalue weighted by molar-refractivity contribution is 6.04. The second-order valence-electron chi connectivity index (χ2n) is 10.3. The number of hydrogen-bond acceptors (Lipinski definition) is 6. The molecule has 0 radical (unpaired) electrons. The SMILES string of the molecule is CCOC(=O)c1[nH]c2c(-c3c(COc4ccccc4)n[nH]c3CO)cccc2c1CCCOc1cc(C)c(C)c(C)c1. The zero-order valence-corrected chi connectivity index (χ0v) is 24.5. The molecule has 2 heterocycles. The van der Waals surface area contributed by atoms with Gasteiger partial charge in [-0.25, -0.2) is 4.79 Å². The van der Waals surface area contributed by atoms with Crippen LogP contribution in [0, 0.1) is 20.8 Å². The summed E-state index contributed by atoms with van der Waals surface area (Å²) in [6, 6.07) is 19.5. The van der Waals surface area contributed by atoms with E-state index in [0.717, 1.165) is 39.1 Å². The summed E-state index contributed by atoms with van der Waals surface area (Å²) in [4.78, 5) is 16.4. The van der Waals surface area contributed by atoms with Crippen LogP contribution in [0.3, 0.4) is 0 Å². The zero-order chi connectivity index (χ0) is 29.6. The van der Waals surface area contributed by atoms with Crippen LogP contribution in [0.2, 0.25) is 0 Å². The Balaban J connectivity index is 1.46. The third-order valence-corrected chi connectivity index (χ3v) is 7.62. The van der Waals surface area contributed by atoms with Gasteiger partial charge in [-0.05, 0) is 87.1 Å². The molecule has 8 nitrogen and oxygen atoms in total. The van der Waals surface area contributed by atoms with Crippen molar-refractivity contribution in [3.8, 4) is 22.6 Å². The van der Waals surface area contributed by atoms with Crippen molar-refractivity contribution in [2.24, 2.45) is 0 Å². The smallest absolute Gasteiger partial charge is 0.355 e. The summed E-state index contributed by atoms with van der Waals surface area (Å²) < 4.78 is 17.5. The van der Waals surface area contributed by atoms with Gasteiger partial charge in [-0.15, -0.1) is 0 Å². The normalized spacial score (nSPS) is 11.2. The number of fused-ring (bicyclic) bond motifs is 1. The predicted molar refractivity (Wildman–Crippen MR) is 163 cm³/mol. The van der Waals surface area contributed by atoms with E-state index in [9.17, 15) is 9.90 Å². The van der Waals surface area contributed by atoms with Crippen molar-refractivity contribution in [2.75, 3.05) is 13.2 Å². The van der Waals surface area contributed by atoms with Crippen LogP contribution in [0.25, 0.3) is 22.0 Å². The van der Waals surface area contributed by atoms with Crippen LogP contribution in [0.4, 0.5) is 0 Å². The van der Waals surface area contributed by atoms with Gasteiger partial charge in [-0.2, -0.15) is 5.10 Å². The van der Waals surface area contributed by atoms with E-state index in [0.29, 0.717) is 36.5 Å². The van der Waals surface area contributed by atoms with Crippen LogP contribution >= 0.6 is 0 Å². The third-order valence-electron chi connectivity index (χ3n) is 7.62. The van der Waals surface area contributed by atoms with E-state index in [-0.39, 0.29) is 19.8 Å². The van der Waals surface area contributed by atoms with Gasteiger partial charge >= 0.3 is 5.97 Å². The summed E-state index contributed by atoms with van der Waals surface area (Å²) in [5.41, 5.74) is 8.54. The van der Waals surface area contributed by atoms with E-state index in [1.165, 1.54) is 16.7 Å². The molecule has 8 heteroatoms. The molecule has 5 rings (SSSR count). The molecule has 0 fully saturated rings. The maximum Gasteiger partial charge on any atom is 0.355 e. The number of ether oxygens (including phenoxy) is 3. The lowest BCUT2D eigenvalue weighted by Crippen LogP contribution is -2.09. The lowest BCUT2D eigenvalue weighted by Gasteiger charge is -2.11. The number of nitrogens with zero attached hydrogens (tertiary/aromatic N) is 1. The molecule has 2 aromatic heterocycles. The standard InChI is InChI=1S/C34H37N3O5/c1-5-40-34(39)33-27(15-10-16-41-25-17-21(2)23(4)22(3)18-25)26-13-9-14-28(32(26)35-33)31-29(19-38)36-37-30(31)20-42-24-11-7-6-8-12-24/h6-9,11-14,17-18,35,38H,5,10,15-16,19-20H2,1-4H3,(H,36,37). The van der Waals surface area contributed by atoms with Crippen molar-refractivity contribution in [1.82, 2.24) is 15.2 Å². The van der Waals surface area contributed by atoms with Gasteiger partial charge in [0, 0.05) is 16.5 Å². The molecular weight excluding hydrogens is 530 g/mol. The third kappa shape index (κ3) is 6.04. The highest BCUT2D eigenvalue weighted by Gasteiger charge is 2.24. The average Bonchev–Trinajstić information content (AvgIpc) is 3.59. The number of esters is 1. The molecule has 5 aromatic rings. The van der Waals surface area contributed by atoms with Crippen LogP contribution in [0.1, 0.15) is 57.5 Å². The van der Waals surface area contributed by atoms with Crippen LogP contribution < -0.4 is 9.47 Å². The molecule has 3 aromatic carbocycles. The minimum Gasteiger partial charge on any atom is -0.494 e. The lowest BCUT2D eigenvalue weighted by molar-refractivity contribution is 0.0519. The van der Waals surface area contributed by atoms with Gasteiger partial charge < -0.3 is 24.3 Å².